The van der Waals surface area contributed by atoms with Crippen molar-refractivity contribution in [2.45, 2.75) is 13.5 Å². The largest absolute Gasteiger partial charge is 0.486 e. The number of carbonyl (C=O) groups is 1. The van der Waals surface area contributed by atoms with E-state index < -0.39 is 6.09 Å². The highest BCUT2D eigenvalue weighted by Crippen LogP contribution is 2.24. The topological polar surface area (TPSA) is 73.3 Å². The van der Waals surface area contributed by atoms with E-state index in [2.05, 4.69) is 20.0 Å². The molecule has 0 spiro atoms. The highest BCUT2D eigenvalue weighted by Gasteiger charge is 2.07. The number of nitrogens with zero attached hydrogens (tertiary/aromatic N) is 2. The second kappa shape index (κ2) is 6.62. The number of hydrogen-bond donors (Lipinski definition) is 1. The first-order valence-electron chi connectivity index (χ1n) is 6.93. The Kier molecular flexibility index (Phi) is 4.38. The molecular formula is C16H15N3O3S. The van der Waals surface area contributed by atoms with Crippen molar-refractivity contribution in [2.75, 3.05) is 12.4 Å². The number of aromatic nitrogens is 2. The number of nitrogens with one attached hydrogen (secondary N) is 1. The van der Waals surface area contributed by atoms with E-state index in [9.17, 15) is 4.79 Å². The Hall–Kier alpha value is -2.67. The van der Waals surface area contributed by atoms with Crippen LogP contribution in [0.3, 0.4) is 0 Å². The maximum absolute atomic E-state index is 11.2. The number of anilines is 1. The molecule has 2 aromatic heterocycles. The summed E-state index contributed by atoms with van der Waals surface area (Å²) in [6.07, 6.45) is 3.03. The van der Waals surface area contributed by atoms with E-state index in [4.69, 9.17) is 4.74 Å². The fraction of sp³-hybridized carbons (Fsp3) is 0.188. The SMILES string of the molecule is COC(=O)Nc1ccc(OCc2nc3ccncc3s2)cc1C. The summed E-state index contributed by atoms with van der Waals surface area (Å²) < 4.78 is 11.4. The summed E-state index contributed by atoms with van der Waals surface area (Å²) in [5.41, 5.74) is 2.51. The first-order chi connectivity index (χ1) is 11.2. The van der Waals surface area contributed by atoms with Gasteiger partial charge in [-0.3, -0.25) is 10.3 Å². The van der Waals surface area contributed by atoms with Crippen molar-refractivity contribution in [3.63, 3.8) is 0 Å². The molecular weight excluding hydrogens is 314 g/mol. The van der Waals surface area contributed by atoms with Gasteiger partial charge in [0.2, 0.25) is 0 Å². The van der Waals surface area contributed by atoms with Gasteiger partial charge in [0, 0.05) is 18.1 Å². The molecule has 7 heteroatoms. The van der Waals surface area contributed by atoms with Crippen LogP contribution in [-0.4, -0.2) is 23.2 Å². The molecule has 2 heterocycles. The summed E-state index contributed by atoms with van der Waals surface area (Å²) >= 11 is 1.56. The normalized spacial score (nSPS) is 10.5. The summed E-state index contributed by atoms with van der Waals surface area (Å²) in [5.74, 6) is 0.718. The van der Waals surface area contributed by atoms with Crippen LogP contribution in [-0.2, 0) is 11.3 Å². The van der Waals surface area contributed by atoms with Gasteiger partial charge >= 0.3 is 6.09 Å². The molecule has 0 aliphatic rings. The second-order valence-electron chi connectivity index (χ2n) is 4.83. The lowest BCUT2D eigenvalue weighted by atomic mass is 10.2. The van der Waals surface area contributed by atoms with E-state index in [1.54, 1.807) is 35.9 Å². The van der Waals surface area contributed by atoms with Crippen LogP contribution in [0.1, 0.15) is 10.6 Å². The molecule has 1 aromatic carbocycles. The van der Waals surface area contributed by atoms with Crippen molar-refractivity contribution in [2.24, 2.45) is 0 Å². The van der Waals surface area contributed by atoms with Gasteiger partial charge in [0.15, 0.2) is 0 Å². The van der Waals surface area contributed by atoms with Crippen LogP contribution in [0.5, 0.6) is 5.75 Å². The maximum atomic E-state index is 11.2. The molecule has 118 valence electrons. The van der Waals surface area contributed by atoms with E-state index in [1.165, 1.54) is 7.11 Å². The van der Waals surface area contributed by atoms with E-state index >= 15 is 0 Å². The van der Waals surface area contributed by atoms with Crippen LogP contribution in [0.2, 0.25) is 0 Å². The molecule has 0 unspecified atom stereocenters. The average molecular weight is 329 g/mol. The lowest BCUT2D eigenvalue weighted by Crippen LogP contribution is -2.11. The number of methoxy groups -OCH3 is 1. The predicted molar refractivity (Wildman–Crippen MR) is 89.0 cm³/mol. The van der Waals surface area contributed by atoms with Crippen LogP contribution < -0.4 is 10.1 Å². The Labute approximate surface area is 137 Å². The first-order valence-corrected chi connectivity index (χ1v) is 7.75. The zero-order valence-corrected chi connectivity index (χ0v) is 13.5. The molecule has 1 N–H and O–H groups in total. The van der Waals surface area contributed by atoms with Crippen molar-refractivity contribution in [1.29, 1.82) is 0 Å². The smallest absolute Gasteiger partial charge is 0.411 e. The molecule has 6 nitrogen and oxygen atoms in total. The number of carbonyl (C=O) groups excluding carboxylic acids is 1. The van der Waals surface area contributed by atoms with Gasteiger partial charge < -0.3 is 9.47 Å². The second-order valence-corrected chi connectivity index (χ2v) is 5.95. The third kappa shape index (κ3) is 3.57. The summed E-state index contributed by atoms with van der Waals surface area (Å²) in [5, 5.41) is 3.54. The number of thiazole rings is 1. The highest BCUT2D eigenvalue weighted by atomic mass is 32.1. The summed E-state index contributed by atoms with van der Waals surface area (Å²) in [6.45, 7) is 2.28. The molecule has 0 saturated heterocycles. The van der Waals surface area contributed by atoms with Gasteiger partial charge in [-0.25, -0.2) is 9.78 Å². The molecule has 3 aromatic rings. The number of amides is 1. The van der Waals surface area contributed by atoms with Gasteiger partial charge in [-0.2, -0.15) is 0 Å². The number of ether oxygens (including phenoxy) is 2. The van der Waals surface area contributed by atoms with Crippen LogP contribution >= 0.6 is 11.3 Å². The van der Waals surface area contributed by atoms with Gasteiger partial charge in [-0.15, -0.1) is 11.3 Å². The Balaban J connectivity index is 1.68. The van der Waals surface area contributed by atoms with Crippen LogP contribution in [0.4, 0.5) is 10.5 Å². The highest BCUT2D eigenvalue weighted by molar-refractivity contribution is 7.18. The number of pyridine rings is 1. The fourth-order valence-electron chi connectivity index (χ4n) is 2.06. The molecule has 3 rings (SSSR count). The van der Waals surface area contributed by atoms with Crippen LogP contribution in [0.25, 0.3) is 10.2 Å². The molecule has 0 atom stereocenters. The maximum Gasteiger partial charge on any atom is 0.411 e. The van der Waals surface area contributed by atoms with Crippen LogP contribution in [0.15, 0.2) is 36.7 Å². The molecule has 1 amide bonds. The Morgan fingerprint density at radius 1 is 1.35 bits per heavy atom. The van der Waals surface area contributed by atoms with Crippen molar-refractivity contribution in [3.8, 4) is 5.75 Å². The van der Waals surface area contributed by atoms with Crippen molar-refractivity contribution in [3.05, 3.63) is 47.2 Å². The Morgan fingerprint density at radius 2 is 2.22 bits per heavy atom. The van der Waals surface area contributed by atoms with E-state index in [1.807, 2.05) is 19.1 Å². The number of rotatable bonds is 4. The van der Waals surface area contributed by atoms with E-state index in [0.717, 1.165) is 26.5 Å². The van der Waals surface area contributed by atoms with Crippen molar-refractivity contribution < 1.29 is 14.3 Å². The van der Waals surface area contributed by atoms with Gasteiger partial charge in [0.1, 0.15) is 17.4 Å². The quantitative estimate of drug-likeness (QED) is 0.789. The van der Waals surface area contributed by atoms with Gasteiger partial charge in [-0.1, -0.05) is 0 Å². The Bertz CT molecular complexity index is 814. The van der Waals surface area contributed by atoms with Gasteiger partial charge in [-0.05, 0) is 36.8 Å². The van der Waals surface area contributed by atoms with Crippen LogP contribution in [0, 0.1) is 6.92 Å². The van der Waals surface area contributed by atoms with E-state index in [0.29, 0.717) is 12.3 Å². The predicted octanol–water partition coefficient (Wildman–Crippen LogP) is 3.76. The number of fused-ring (bicyclic) bond motifs is 1. The Morgan fingerprint density at radius 3 is 2.96 bits per heavy atom. The standard InChI is InChI=1S/C16H15N3O3S/c1-10-7-11(3-4-12(10)19-16(20)21-2)22-9-15-18-13-5-6-17-8-14(13)23-15/h3-8H,9H2,1-2H3,(H,19,20). The molecule has 0 bridgehead atoms. The fourth-order valence-corrected chi connectivity index (χ4v) is 2.91. The number of hydrogen-bond acceptors (Lipinski definition) is 6. The molecule has 0 aliphatic carbocycles. The first kappa shape index (κ1) is 15.2. The zero-order valence-electron chi connectivity index (χ0n) is 12.7. The molecule has 23 heavy (non-hydrogen) atoms. The average Bonchev–Trinajstić information content (AvgIpc) is 2.98. The minimum absolute atomic E-state index is 0.391. The van der Waals surface area contributed by atoms with E-state index in [-0.39, 0.29) is 0 Å². The minimum atomic E-state index is -0.496. The minimum Gasteiger partial charge on any atom is -0.486 e. The lowest BCUT2D eigenvalue weighted by Gasteiger charge is -2.10. The number of aryl methyl sites for hydroxylation is 1. The molecule has 0 fully saturated rings. The van der Waals surface area contributed by atoms with Gasteiger partial charge in [0.25, 0.3) is 0 Å². The summed E-state index contributed by atoms with van der Waals surface area (Å²) in [7, 11) is 1.33. The van der Waals surface area contributed by atoms with Crippen molar-refractivity contribution >= 4 is 33.3 Å². The molecule has 0 aliphatic heterocycles. The lowest BCUT2D eigenvalue weighted by molar-refractivity contribution is 0.187. The zero-order chi connectivity index (χ0) is 16.2. The summed E-state index contributed by atoms with van der Waals surface area (Å²) in [6, 6.07) is 7.32. The third-order valence-corrected chi connectivity index (χ3v) is 4.20. The van der Waals surface area contributed by atoms with Gasteiger partial charge in [0.05, 0.1) is 17.3 Å². The third-order valence-electron chi connectivity index (χ3n) is 3.22. The monoisotopic (exact) mass is 329 g/mol. The summed E-state index contributed by atoms with van der Waals surface area (Å²) in [4.78, 5) is 19.8. The molecule has 0 saturated carbocycles. The number of benzene rings is 1. The molecule has 0 radical (unpaired) electrons. The van der Waals surface area contributed by atoms with Crippen molar-refractivity contribution in [1.82, 2.24) is 9.97 Å².